The summed E-state index contributed by atoms with van der Waals surface area (Å²) in [7, 11) is 0. The van der Waals surface area contributed by atoms with Crippen LogP contribution in [0.2, 0.25) is 10.0 Å². The van der Waals surface area contributed by atoms with Gasteiger partial charge in [-0.15, -0.1) is 0 Å². The van der Waals surface area contributed by atoms with Gasteiger partial charge in [0.25, 0.3) is 0 Å². The molecule has 1 aromatic rings. The van der Waals surface area contributed by atoms with E-state index in [4.69, 9.17) is 32.7 Å². The normalized spacial score (nSPS) is 35.6. The third-order valence-corrected chi connectivity index (χ3v) is 5.45. The summed E-state index contributed by atoms with van der Waals surface area (Å²) in [6.45, 7) is -0.439. The molecule has 4 N–H and O–H groups in total. The molecule has 1 heterocycles. The van der Waals surface area contributed by atoms with E-state index in [1.807, 2.05) is 0 Å². The molecule has 0 aromatic heterocycles. The van der Waals surface area contributed by atoms with Crippen LogP contribution in [-0.2, 0) is 14.3 Å². The minimum Gasteiger partial charge on any atom is -0.463 e. The van der Waals surface area contributed by atoms with Crippen LogP contribution in [0.25, 0.3) is 0 Å². The second-order valence-electron chi connectivity index (χ2n) is 6.61. The first-order chi connectivity index (χ1) is 12.7. The minimum absolute atomic E-state index is 0.241. The SMILES string of the molecule is O=C(OC[C@H]1OC(O)[C@H](O)[C@@H](O)[C@@H]1O)[C@H]1C[C@@H]1C(=O)c1ccc(Cl)c(Cl)c1. The largest absolute Gasteiger partial charge is 0.463 e. The molecule has 0 bridgehead atoms. The molecule has 2 aliphatic rings. The summed E-state index contributed by atoms with van der Waals surface area (Å²) in [6, 6.07) is 4.46. The summed E-state index contributed by atoms with van der Waals surface area (Å²) < 4.78 is 9.96. The molecule has 8 nitrogen and oxygen atoms in total. The van der Waals surface area contributed by atoms with Gasteiger partial charge >= 0.3 is 5.97 Å². The number of carbonyl (C=O) groups is 2. The molecule has 0 radical (unpaired) electrons. The van der Waals surface area contributed by atoms with Crippen molar-refractivity contribution in [1.29, 1.82) is 0 Å². The number of rotatable bonds is 5. The molecular formula is C17H18Cl2O8. The number of carbonyl (C=O) groups excluding carboxylic acids is 2. The van der Waals surface area contributed by atoms with Gasteiger partial charge in [-0.3, -0.25) is 9.59 Å². The van der Waals surface area contributed by atoms with Crippen molar-refractivity contribution >= 4 is 35.0 Å². The van der Waals surface area contributed by atoms with E-state index in [0.717, 1.165) is 0 Å². The smallest absolute Gasteiger partial charge is 0.309 e. The van der Waals surface area contributed by atoms with Crippen LogP contribution in [0.1, 0.15) is 16.8 Å². The summed E-state index contributed by atoms with van der Waals surface area (Å²) in [4.78, 5) is 24.5. The fourth-order valence-corrected chi connectivity index (χ4v) is 3.25. The van der Waals surface area contributed by atoms with Crippen molar-refractivity contribution in [2.24, 2.45) is 11.8 Å². The molecule has 3 rings (SSSR count). The van der Waals surface area contributed by atoms with E-state index in [9.17, 15) is 30.0 Å². The zero-order valence-corrected chi connectivity index (χ0v) is 15.4. The first-order valence-corrected chi connectivity index (χ1v) is 9.00. The standard InChI is InChI=1S/C17H18Cl2O8/c18-9-2-1-6(3-10(9)19)12(20)7-4-8(7)16(24)26-5-11-13(21)14(22)15(23)17(25)27-11/h1-3,7-8,11,13-15,17,21-23,25H,4-5H2/t7-,8-,11+,13+,14-,15+,17?/m0/s1. The van der Waals surface area contributed by atoms with Gasteiger partial charge in [-0.1, -0.05) is 23.2 Å². The highest BCUT2D eigenvalue weighted by Crippen LogP contribution is 2.42. The number of hydrogen-bond acceptors (Lipinski definition) is 8. The van der Waals surface area contributed by atoms with Gasteiger partial charge in [-0.05, 0) is 24.6 Å². The number of hydrogen-bond donors (Lipinski definition) is 4. The number of ether oxygens (including phenoxy) is 2. The van der Waals surface area contributed by atoms with Crippen molar-refractivity contribution in [3.8, 4) is 0 Å². The van der Waals surface area contributed by atoms with E-state index >= 15 is 0 Å². The number of aliphatic hydroxyl groups is 4. The van der Waals surface area contributed by atoms with E-state index < -0.39 is 55.1 Å². The summed E-state index contributed by atoms with van der Waals surface area (Å²) in [5, 5.41) is 38.8. The van der Waals surface area contributed by atoms with Gasteiger partial charge < -0.3 is 29.9 Å². The van der Waals surface area contributed by atoms with Gasteiger partial charge in [0, 0.05) is 11.5 Å². The molecule has 0 spiro atoms. The van der Waals surface area contributed by atoms with Gasteiger partial charge in [0.05, 0.1) is 16.0 Å². The monoisotopic (exact) mass is 420 g/mol. The van der Waals surface area contributed by atoms with Crippen LogP contribution in [-0.4, -0.2) is 69.5 Å². The van der Waals surface area contributed by atoms with Gasteiger partial charge in [-0.2, -0.15) is 0 Å². The van der Waals surface area contributed by atoms with Gasteiger partial charge in [0.2, 0.25) is 0 Å². The van der Waals surface area contributed by atoms with Crippen LogP contribution in [0.3, 0.4) is 0 Å². The lowest BCUT2D eigenvalue weighted by atomic mass is 9.99. The van der Waals surface area contributed by atoms with E-state index in [1.54, 1.807) is 0 Å². The topological polar surface area (TPSA) is 134 Å². The predicted molar refractivity (Wildman–Crippen MR) is 92.2 cm³/mol. The molecule has 1 unspecified atom stereocenters. The van der Waals surface area contributed by atoms with E-state index in [1.165, 1.54) is 18.2 Å². The van der Waals surface area contributed by atoms with Crippen LogP contribution in [0.4, 0.5) is 0 Å². The van der Waals surface area contributed by atoms with Gasteiger partial charge in [0.1, 0.15) is 31.0 Å². The maximum Gasteiger partial charge on any atom is 0.309 e. The Balaban J connectivity index is 1.53. The second-order valence-corrected chi connectivity index (χ2v) is 7.42. The molecule has 27 heavy (non-hydrogen) atoms. The Labute approximate surface area is 164 Å². The average Bonchev–Trinajstić information content (AvgIpc) is 3.44. The molecule has 1 aliphatic heterocycles. The highest BCUT2D eigenvalue weighted by atomic mass is 35.5. The van der Waals surface area contributed by atoms with Crippen molar-refractivity contribution in [2.45, 2.75) is 37.1 Å². The lowest BCUT2D eigenvalue weighted by Crippen LogP contribution is -2.58. The molecule has 148 valence electrons. The number of aliphatic hydroxyl groups excluding tert-OH is 4. The molecule has 0 amide bonds. The first kappa shape index (κ1) is 20.5. The lowest BCUT2D eigenvalue weighted by molar-refractivity contribution is -0.287. The summed E-state index contributed by atoms with van der Waals surface area (Å²) in [5.41, 5.74) is 0.343. The Morgan fingerprint density at radius 2 is 1.74 bits per heavy atom. The zero-order valence-electron chi connectivity index (χ0n) is 13.9. The van der Waals surface area contributed by atoms with Crippen LogP contribution in [0.5, 0.6) is 0 Å². The van der Waals surface area contributed by atoms with Gasteiger partial charge in [-0.25, -0.2) is 0 Å². The predicted octanol–water partition coefficient (Wildman–Crippen LogP) is 0.155. The van der Waals surface area contributed by atoms with Crippen LogP contribution in [0, 0.1) is 11.8 Å². The molecule has 7 atom stereocenters. The van der Waals surface area contributed by atoms with Gasteiger partial charge in [0.15, 0.2) is 12.1 Å². The molecule has 10 heteroatoms. The fourth-order valence-electron chi connectivity index (χ4n) is 2.95. The van der Waals surface area contributed by atoms with Crippen LogP contribution >= 0.6 is 23.2 Å². The number of halogens is 2. The maximum atomic E-state index is 12.4. The van der Waals surface area contributed by atoms with Crippen molar-refractivity contribution in [1.82, 2.24) is 0 Å². The molecule has 1 aromatic carbocycles. The van der Waals surface area contributed by atoms with Crippen molar-refractivity contribution in [3.05, 3.63) is 33.8 Å². The molecular weight excluding hydrogens is 403 g/mol. The maximum absolute atomic E-state index is 12.4. The molecule has 2 fully saturated rings. The van der Waals surface area contributed by atoms with Crippen LogP contribution < -0.4 is 0 Å². The fraction of sp³-hybridized carbons (Fsp3) is 0.529. The Kier molecular flexibility index (Phi) is 6.07. The number of esters is 1. The highest BCUT2D eigenvalue weighted by molar-refractivity contribution is 6.42. The van der Waals surface area contributed by atoms with E-state index in [2.05, 4.69) is 0 Å². The van der Waals surface area contributed by atoms with E-state index in [-0.39, 0.29) is 10.8 Å². The van der Waals surface area contributed by atoms with Crippen LogP contribution in [0.15, 0.2) is 18.2 Å². The summed E-state index contributed by atoms with van der Waals surface area (Å²) in [5.74, 6) is -2.07. The third-order valence-electron chi connectivity index (χ3n) is 4.71. The lowest BCUT2D eigenvalue weighted by Gasteiger charge is -2.37. The Morgan fingerprint density at radius 3 is 2.41 bits per heavy atom. The first-order valence-electron chi connectivity index (χ1n) is 8.24. The Bertz CT molecular complexity index is 742. The summed E-state index contributed by atoms with van der Waals surface area (Å²) in [6.07, 6.45) is -7.44. The Hall–Kier alpha value is -1.26. The summed E-state index contributed by atoms with van der Waals surface area (Å²) >= 11 is 11.7. The zero-order chi connectivity index (χ0) is 19.9. The van der Waals surface area contributed by atoms with Crippen molar-refractivity contribution in [3.63, 3.8) is 0 Å². The number of Topliss-reactive ketones (excluding diaryl/α,β-unsaturated/α-hetero) is 1. The number of benzene rings is 1. The molecule has 1 aliphatic carbocycles. The minimum atomic E-state index is -1.71. The molecule has 1 saturated heterocycles. The van der Waals surface area contributed by atoms with E-state index in [0.29, 0.717) is 17.0 Å². The quantitative estimate of drug-likeness (QED) is 0.390. The highest BCUT2D eigenvalue weighted by Gasteiger charge is 2.50. The second kappa shape index (κ2) is 8.00. The van der Waals surface area contributed by atoms with Crippen molar-refractivity contribution < 1.29 is 39.5 Å². The molecule has 1 saturated carbocycles. The average molecular weight is 421 g/mol. The Morgan fingerprint density at radius 1 is 1.04 bits per heavy atom. The van der Waals surface area contributed by atoms with Crippen molar-refractivity contribution in [2.75, 3.05) is 6.61 Å². The number of ketones is 1. The third kappa shape index (κ3) is 4.27.